The van der Waals surface area contributed by atoms with E-state index in [9.17, 15) is 9.90 Å². The van der Waals surface area contributed by atoms with Gasteiger partial charge in [-0.25, -0.2) is 0 Å². The van der Waals surface area contributed by atoms with E-state index >= 15 is 0 Å². The minimum Gasteiger partial charge on any atom is -0.481 e. The van der Waals surface area contributed by atoms with Crippen LogP contribution in [0.3, 0.4) is 0 Å². The second-order valence-corrected chi connectivity index (χ2v) is 7.11. The highest BCUT2D eigenvalue weighted by atomic mass is 16.4. The summed E-state index contributed by atoms with van der Waals surface area (Å²) in [6.07, 6.45) is 0.461. The fourth-order valence-corrected chi connectivity index (χ4v) is 3.51. The van der Waals surface area contributed by atoms with Crippen LogP contribution < -0.4 is 5.73 Å². The Morgan fingerprint density at radius 2 is 1.67 bits per heavy atom. The van der Waals surface area contributed by atoms with Gasteiger partial charge in [-0.2, -0.15) is 0 Å². The Morgan fingerprint density at radius 3 is 2.30 bits per heavy atom. The molecule has 27 heavy (non-hydrogen) atoms. The molecule has 0 unspecified atom stereocenters. The van der Waals surface area contributed by atoms with Crippen LogP contribution in [0.5, 0.6) is 0 Å². The first-order valence-electron chi connectivity index (χ1n) is 9.17. The number of nitrogens with two attached hydrogens (primary N) is 1. The number of carboxylic acids is 1. The van der Waals surface area contributed by atoms with E-state index in [-0.39, 0.29) is 18.4 Å². The van der Waals surface area contributed by atoms with Crippen LogP contribution in [0.4, 0.5) is 0 Å². The minimum absolute atomic E-state index is 0.101. The van der Waals surface area contributed by atoms with Gasteiger partial charge >= 0.3 is 5.97 Å². The van der Waals surface area contributed by atoms with Crippen molar-refractivity contribution in [1.82, 2.24) is 0 Å². The van der Waals surface area contributed by atoms with E-state index in [1.165, 1.54) is 16.3 Å². The first-order valence-corrected chi connectivity index (χ1v) is 9.17. The van der Waals surface area contributed by atoms with Crippen LogP contribution in [0.1, 0.15) is 42.0 Å². The van der Waals surface area contributed by atoms with E-state index in [0.717, 1.165) is 11.1 Å². The van der Waals surface area contributed by atoms with Gasteiger partial charge in [-0.15, -0.1) is 0 Å². The first kappa shape index (κ1) is 19.1. The van der Waals surface area contributed by atoms with Gasteiger partial charge in [0.1, 0.15) is 0 Å². The smallest absolute Gasteiger partial charge is 0.303 e. The number of carbonyl (C=O) groups is 1. The summed E-state index contributed by atoms with van der Waals surface area (Å²) < 4.78 is 0. The molecule has 0 fully saturated rings. The molecule has 0 aromatic heterocycles. The second kappa shape index (κ2) is 8.33. The molecule has 0 bridgehead atoms. The van der Waals surface area contributed by atoms with Gasteiger partial charge in [0, 0.05) is 6.42 Å². The van der Waals surface area contributed by atoms with Crippen molar-refractivity contribution in [3.05, 3.63) is 83.4 Å². The Balaban J connectivity index is 0.000000161. The molecule has 3 aromatic carbocycles. The van der Waals surface area contributed by atoms with E-state index < -0.39 is 12.1 Å². The number of hydrogen-bond donors (Lipinski definition) is 3. The molecule has 0 spiro atoms. The number of aliphatic hydroxyl groups excluding tert-OH is 1. The summed E-state index contributed by atoms with van der Waals surface area (Å²) in [6.45, 7) is 1.92. The van der Waals surface area contributed by atoms with Crippen LogP contribution in [-0.2, 0) is 11.2 Å². The molecule has 4 rings (SSSR count). The van der Waals surface area contributed by atoms with Crippen LogP contribution >= 0.6 is 0 Å². The maximum atomic E-state index is 10.4. The molecule has 0 amide bonds. The number of benzene rings is 3. The highest BCUT2D eigenvalue weighted by molar-refractivity contribution is 5.84. The van der Waals surface area contributed by atoms with Crippen molar-refractivity contribution in [3.8, 4) is 0 Å². The van der Waals surface area contributed by atoms with Gasteiger partial charge in [0.05, 0.1) is 18.6 Å². The van der Waals surface area contributed by atoms with E-state index in [0.29, 0.717) is 6.42 Å². The number of fused-ring (bicyclic) bond motifs is 2. The lowest BCUT2D eigenvalue weighted by atomic mass is 9.98. The highest BCUT2D eigenvalue weighted by Crippen LogP contribution is 2.32. The molecule has 0 saturated heterocycles. The summed E-state index contributed by atoms with van der Waals surface area (Å²) in [5, 5.41) is 20.7. The van der Waals surface area contributed by atoms with Crippen molar-refractivity contribution in [2.45, 2.75) is 37.8 Å². The maximum Gasteiger partial charge on any atom is 0.303 e. The van der Waals surface area contributed by atoms with Crippen molar-refractivity contribution in [1.29, 1.82) is 0 Å². The third kappa shape index (κ3) is 4.54. The van der Waals surface area contributed by atoms with E-state index in [4.69, 9.17) is 10.8 Å². The molecule has 0 heterocycles. The van der Waals surface area contributed by atoms with Crippen LogP contribution in [0.2, 0.25) is 0 Å². The third-order valence-corrected chi connectivity index (χ3v) is 5.06. The lowest BCUT2D eigenvalue weighted by molar-refractivity contribution is -0.137. The Kier molecular flexibility index (Phi) is 5.89. The van der Waals surface area contributed by atoms with Crippen molar-refractivity contribution in [3.63, 3.8) is 0 Å². The van der Waals surface area contributed by atoms with Gasteiger partial charge in [0.25, 0.3) is 0 Å². The lowest BCUT2D eigenvalue weighted by Gasteiger charge is -2.09. The predicted molar refractivity (Wildman–Crippen MR) is 108 cm³/mol. The molecule has 1 aliphatic rings. The summed E-state index contributed by atoms with van der Waals surface area (Å²) in [4.78, 5) is 10.4. The summed E-state index contributed by atoms with van der Waals surface area (Å²) in [6, 6.07) is 21.9. The first-order chi connectivity index (χ1) is 13.0. The van der Waals surface area contributed by atoms with Gasteiger partial charge in [-0.1, -0.05) is 67.6 Å². The quantitative estimate of drug-likeness (QED) is 0.656. The largest absolute Gasteiger partial charge is 0.481 e. The van der Waals surface area contributed by atoms with Crippen molar-refractivity contribution in [2.24, 2.45) is 5.73 Å². The van der Waals surface area contributed by atoms with Gasteiger partial charge in [-0.05, 0) is 39.4 Å². The Morgan fingerprint density at radius 1 is 1.07 bits per heavy atom. The van der Waals surface area contributed by atoms with Crippen molar-refractivity contribution >= 4 is 16.7 Å². The van der Waals surface area contributed by atoms with Crippen LogP contribution in [0.25, 0.3) is 10.8 Å². The van der Waals surface area contributed by atoms with Gasteiger partial charge < -0.3 is 15.9 Å². The summed E-state index contributed by atoms with van der Waals surface area (Å²) in [5.41, 5.74) is 9.30. The van der Waals surface area contributed by atoms with E-state index in [1.807, 2.05) is 49.4 Å². The predicted octanol–water partition coefficient (Wildman–Crippen LogP) is 4.02. The molecule has 4 nitrogen and oxygen atoms in total. The third-order valence-electron chi connectivity index (χ3n) is 5.06. The van der Waals surface area contributed by atoms with Gasteiger partial charge in [0.2, 0.25) is 0 Å². The summed E-state index contributed by atoms with van der Waals surface area (Å²) in [5.74, 6) is -0.643. The molecular formula is C23H25NO3. The monoisotopic (exact) mass is 363 g/mol. The van der Waals surface area contributed by atoms with Crippen LogP contribution in [0, 0.1) is 0 Å². The molecule has 140 valence electrons. The molecule has 3 atom stereocenters. The molecule has 0 saturated carbocycles. The number of hydrogen-bond acceptors (Lipinski definition) is 3. The molecule has 0 radical (unpaired) electrons. The normalized spacial score (nSPS) is 19.1. The molecule has 0 aliphatic heterocycles. The number of aliphatic hydroxyl groups is 1. The average molecular weight is 363 g/mol. The topological polar surface area (TPSA) is 83.5 Å². The molecule has 3 aromatic rings. The molecule has 1 aliphatic carbocycles. The zero-order chi connectivity index (χ0) is 19.4. The Bertz CT molecular complexity index is 923. The molecular weight excluding hydrogens is 338 g/mol. The highest BCUT2D eigenvalue weighted by Gasteiger charge is 2.27. The SMILES string of the molecule is C[C@@H](CC(=O)O)c1ccccc1.N[C@@H]1c2cc3ccccc3cc2C[C@@H]1O. The standard InChI is InChI=1S/C13H13NO.C10H12O2/c14-13-11-6-9-4-2-1-3-8(9)5-10(11)7-12(13)15;1-8(7-10(11)12)9-5-3-2-4-6-9/h1-6,12-13,15H,7,14H2;2-6,8H,7H2,1H3,(H,11,12)/t12-,13+;8-/m00/s1. The second-order valence-electron chi connectivity index (χ2n) is 7.11. The zero-order valence-corrected chi connectivity index (χ0v) is 15.4. The number of aliphatic carboxylic acids is 1. The van der Waals surface area contributed by atoms with Gasteiger partial charge in [0.15, 0.2) is 0 Å². The lowest BCUT2D eigenvalue weighted by Crippen LogP contribution is -2.21. The van der Waals surface area contributed by atoms with Crippen molar-refractivity contribution in [2.75, 3.05) is 0 Å². The maximum absolute atomic E-state index is 10.4. The minimum atomic E-state index is -0.744. The fourth-order valence-electron chi connectivity index (χ4n) is 3.51. The van der Waals surface area contributed by atoms with E-state index in [2.05, 4.69) is 24.3 Å². The number of rotatable bonds is 3. The Labute approximate surface area is 159 Å². The number of carboxylic acid groups (broad SMARTS) is 1. The van der Waals surface area contributed by atoms with Crippen LogP contribution in [-0.4, -0.2) is 22.3 Å². The van der Waals surface area contributed by atoms with Crippen LogP contribution in [0.15, 0.2) is 66.7 Å². The van der Waals surface area contributed by atoms with Crippen molar-refractivity contribution < 1.29 is 15.0 Å². The zero-order valence-electron chi connectivity index (χ0n) is 15.4. The fraction of sp³-hybridized carbons (Fsp3) is 0.261. The molecule has 4 N–H and O–H groups in total. The van der Waals surface area contributed by atoms with E-state index in [1.54, 1.807) is 0 Å². The Hall–Kier alpha value is -2.69. The van der Waals surface area contributed by atoms with Gasteiger partial charge in [-0.3, -0.25) is 4.79 Å². The molecule has 4 heteroatoms. The average Bonchev–Trinajstić information content (AvgIpc) is 2.94. The summed E-state index contributed by atoms with van der Waals surface area (Å²) >= 11 is 0. The summed E-state index contributed by atoms with van der Waals surface area (Å²) in [7, 11) is 0.